The van der Waals surface area contributed by atoms with E-state index in [0.29, 0.717) is 12.0 Å². The van der Waals surface area contributed by atoms with Crippen molar-refractivity contribution in [2.24, 2.45) is 5.92 Å². The number of allylic oxidation sites excluding steroid dienone is 1. The zero-order chi connectivity index (χ0) is 27.5. The zero-order valence-electron chi connectivity index (χ0n) is 21.7. The number of para-hydroxylation sites is 1. The van der Waals surface area contributed by atoms with E-state index < -0.39 is 17.9 Å². The highest BCUT2D eigenvalue weighted by atomic mass is 16.7. The van der Waals surface area contributed by atoms with Crippen LogP contribution in [0.4, 0.5) is 0 Å². The standard InChI is InChI=1S/C31H32N2O6/c1-37-21-38-20-27(18-26(31(35)33-36)12-7-10-22-8-3-2-4-9-22)32-30(34)24-16-14-23(15-17-24)29-19-25-11-5-6-13-28(25)39-29/h2-11,13-17,19,26-27,36H,12,18,20-21H2,1H3,(H,32,34)(H,33,35)/b10-7+/t26-,27-/m0/s1. The molecular weight excluding hydrogens is 496 g/mol. The fourth-order valence-corrected chi connectivity index (χ4v) is 4.30. The first kappa shape index (κ1) is 27.8. The Morgan fingerprint density at radius 1 is 1.00 bits per heavy atom. The van der Waals surface area contributed by atoms with Crippen molar-refractivity contribution >= 4 is 28.9 Å². The quantitative estimate of drug-likeness (QED) is 0.0923. The number of rotatable bonds is 13. The van der Waals surface area contributed by atoms with Crippen LogP contribution in [-0.4, -0.2) is 43.6 Å². The number of carbonyl (C=O) groups is 2. The Morgan fingerprint density at radius 3 is 2.46 bits per heavy atom. The maximum absolute atomic E-state index is 13.1. The molecule has 0 spiro atoms. The minimum absolute atomic E-state index is 0.0450. The predicted molar refractivity (Wildman–Crippen MR) is 149 cm³/mol. The number of hydrogen-bond donors (Lipinski definition) is 3. The number of ether oxygens (including phenoxy) is 2. The second-order valence-corrected chi connectivity index (χ2v) is 9.13. The average Bonchev–Trinajstić information content (AvgIpc) is 3.41. The number of amides is 2. The first-order valence-corrected chi connectivity index (χ1v) is 12.7. The van der Waals surface area contributed by atoms with Crippen LogP contribution in [0.5, 0.6) is 0 Å². The first-order chi connectivity index (χ1) is 19.1. The minimum atomic E-state index is -0.595. The molecule has 202 valence electrons. The fourth-order valence-electron chi connectivity index (χ4n) is 4.30. The SMILES string of the molecule is COCOC[C@H](C[C@H](C/C=C/c1ccccc1)C(=O)NO)NC(=O)c1ccc(-c2cc3ccccc3o2)cc1. The van der Waals surface area contributed by atoms with Crippen LogP contribution in [0.3, 0.4) is 0 Å². The normalized spacial score (nSPS) is 12.9. The molecule has 0 unspecified atom stereocenters. The summed E-state index contributed by atoms with van der Waals surface area (Å²) in [6.45, 7) is 0.178. The van der Waals surface area contributed by atoms with E-state index in [-0.39, 0.29) is 25.7 Å². The maximum atomic E-state index is 13.1. The fraction of sp³-hybridized carbons (Fsp3) is 0.226. The lowest BCUT2D eigenvalue weighted by Crippen LogP contribution is -2.42. The third-order valence-electron chi connectivity index (χ3n) is 6.29. The highest BCUT2D eigenvalue weighted by Crippen LogP contribution is 2.28. The highest BCUT2D eigenvalue weighted by molar-refractivity contribution is 5.95. The second kappa shape index (κ2) is 14.1. The number of nitrogens with one attached hydrogen (secondary N) is 2. The molecule has 4 rings (SSSR count). The molecule has 8 nitrogen and oxygen atoms in total. The third kappa shape index (κ3) is 7.87. The van der Waals surface area contributed by atoms with Crippen molar-refractivity contribution in [1.29, 1.82) is 0 Å². The van der Waals surface area contributed by atoms with Crippen molar-refractivity contribution in [3.63, 3.8) is 0 Å². The van der Waals surface area contributed by atoms with Gasteiger partial charge in [-0.2, -0.15) is 0 Å². The Hall–Kier alpha value is -4.24. The summed E-state index contributed by atoms with van der Waals surface area (Å²) in [7, 11) is 1.51. The van der Waals surface area contributed by atoms with Gasteiger partial charge in [0, 0.05) is 29.5 Å². The van der Waals surface area contributed by atoms with Gasteiger partial charge in [0.05, 0.1) is 12.6 Å². The van der Waals surface area contributed by atoms with Crippen LogP contribution in [-0.2, 0) is 14.3 Å². The summed E-state index contributed by atoms with van der Waals surface area (Å²) in [5.41, 5.74) is 4.85. The molecule has 0 fully saturated rings. The number of carbonyl (C=O) groups excluding carboxylic acids is 2. The predicted octanol–water partition coefficient (Wildman–Crippen LogP) is 5.43. The molecule has 1 heterocycles. The van der Waals surface area contributed by atoms with Crippen molar-refractivity contribution in [3.8, 4) is 11.3 Å². The molecule has 0 bridgehead atoms. The molecule has 8 heteroatoms. The summed E-state index contributed by atoms with van der Waals surface area (Å²) in [5.74, 6) is -0.716. The Bertz CT molecular complexity index is 1350. The van der Waals surface area contributed by atoms with Crippen molar-refractivity contribution in [2.45, 2.75) is 18.9 Å². The van der Waals surface area contributed by atoms with Crippen LogP contribution in [0.2, 0.25) is 0 Å². The van der Waals surface area contributed by atoms with Crippen LogP contribution >= 0.6 is 0 Å². The average molecular weight is 529 g/mol. The van der Waals surface area contributed by atoms with Gasteiger partial charge in [0.1, 0.15) is 18.1 Å². The number of fused-ring (bicyclic) bond motifs is 1. The molecule has 1 aromatic heterocycles. The van der Waals surface area contributed by atoms with Crippen molar-refractivity contribution in [2.75, 3.05) is 20.5 Å². The summed E-state index contributed by atoms with van der Waals surface area (Å²) < 4.78 is 16.4. The molecule has 2 atom stereocenters. The van der Waals surface area contributed by atoms with Gasteiger partial charge < -0.3 is 19.2 Å². The van der Waals surface area contributed by atoms with Crippen molar-refractivity contribution in [1.82, 2.24) is 10.8 Å². The van der Waals surface area contributed by atoms with Gasteiger partial charge >= 0.3 is 0 Å². The van der Waals surface area contributed by atoms with Gasteiger partial charge in [0.25, 0.3) is 5.91 Å². The minimum Gasteiger partial charge on any atom is -0.456 e. The van der Waals surface area contributed by atoms with Gasteiger partial charge in [-0.1, -0.05) is 72.8 Å². The molecule has 3 N–H and O–H groups in total. The molecule has 0 aliphatic heterocycles. The molecule has 3 aromatic carbocycles. The van der Waals surface area contributed by atoms with Crippen LogP contribution < -0.4 is 10.8 Å². The summed E-state index contributed by atoms with van der Waals surface area (Å²) >= 11 is 0. The van der Waals surface area contributed by atoms with Crippen LogP contribution in [0, 0.1) is 5.92 Å². The molecular formula is C31H32N2O6. The highest BCUT2D eigenvalue weighted by Gasteiger charge is 2.24. The zero-order valence-corrected chi connectivity index (χ0v) is 21.7. The Kier molecular flexibility index (Phi) is 10.0. The summed E-state index contributed by atoms with van der Waals surface area (Å²) in [6.07, 6.45) is 4.40. The van der Waals surface area contributed by atoms with E-state index in [1.807, 2.05) is 84.9 Å². The van der Waals surface area contributed by atoms with Gasteiger partial charge in [-0.15, -0.1) is 0 Å². The molecule has 0 radical (unpaired) electrons. The topological polar surface area (TPSA) is 110 Å². The van der Waals surface area contributed by atoms with Gasteiger partial charge in [0.2, 0.25) is 5.91 Å². The summed E-state index contributed by atoms with van der Waals surface area (Å²) in [5, 5.41) is 13.3. The Balaban J connectivity index is 1.43. The maximum Gasteiger partial charge on any atom is 0.251 e. The molecule has 4 aromatic rings. The van der Waals surface area contributed by atoms with E-state index in [0.717, 1.165) is 27.9 Å². The van der Waals surface area contributed by atoms with E-state index in [2.05, 4.69) is 5.32 Å². The van der Waals surface area contributed by atoms with Gasteiger partial charge in [-0.05, 0) is 42.7 Å². The molecule has 0 aliphatic rings. The monoisotopic (exact) mass is 528 g/mol. The van der Waals surface area contributed by atoms with Crippen LogP contribution in [0.15, 0.2) is 95.4 Å². The number of hydrogen-bond acceptors (Lipinski definition) is 6. The summed E-state index contributed by atoms with van der Waals surface area (Å²) in [4.78, 5) is 25.5. The van der Waals surface area contributed by atoms with Gasteiger partial charge in [-0.25, -0.2) is 5.48 Å². The summed E-state index contributed by atoms with van der Waals surface area (Å²) in [6, 6.07) is 26.1. The van der Waals surface area contributed by atoms with E-state index in [1.54, 1.807) is 17.6 Å². The number of benzene rings is 3. The molecule has 39 heavy (non-hydrogen) atoms. The third-order valence-corrected chi connectivity index (χ3v) is 6.29. The molecule has 0 saturated heterocycles. The van der Waals surface area contributed by atoms with Crippen LogP contribution in [0.1, 0.15) is 28.8 Å². The van der Waals surface area contributed by atoms with E-state index in [4.69, 9.17) is 13.9 Å². The second-order valence-electron chi connectivity index (χ2n) is 9.13. The molecule has 2 amide bonds. The Morgan fingerprint density at radius 2 is 1.74 bits per heavy atom. The largest absolute Gasteiger partial charge is 0.456 e. The lowest BCUT2D eigenvalue weighted by molar-refractivity contribution is -0.134. The van der Waals surface area contributed by atoms with Crippen molar-refractivity contribution in [3.05, 3.63) is 102 Å². The van der Waals surface area contributed by atoms with Gasteiger partial charge in [0.15, 0.2) is 0 Å². The van der Waals surface area contributed by atoms with Crippen molar-refractivity contribution < 1.29 is 28.7 Å². The molecule has 0 aliphatic carbocycles. The van der Waals surface area contributed by atoms with E-state index in [1.165, 1.54) is 7.11 Å². The first-order valence-electron chi connectivity index (χ1n) is 12.7. The number of hydroxylamine groups is 1. The lowest BCUT2D eigenvalue weighted by Gasteiger charge is -2.23. The number of furan rings is 1. The van der Waals surface area contributed by atoms with Crippen LogP contribution in [0.25, 0.3) is 28.4 Å². The lowest BCUT2D eigenvalue weighted by atomic mass is 9.95. The van der Waals surface area contributed by atoms with Gasteiger partial charge in [-0.3, -0.25) is 14.8 Å². The molecule has 0 saturated carbocycles. The van der Waals surface area contributed by atoms with E-state index in [9.17, 15) is 14.8 Å². The number of methoxy groups -OCH3 is 1. The Labute approximate surface area is 227 Å². The van der Waals surface area contributed by atoms with E-state index >= 15 is 0 Å². The smallest absolute Gasteiger partial charge is 0.251 e.